The maximum Gasteiger partial charge on any atom is 0.224 e. The van der Waals surface area contributed by atoms with Crippen molar-refractivity contribution in [3.63, 3.8) is 0 Å². The van der Waals surface area contributed by atoms with E-state index in [1.54, 1.807) is 0 Å². The summed E-state index contributed by atoms with van der Waals surface area (Å²) >= 11 is 1.88. The molecule has 3 N–H and O–H groups in total. The van der Waals surface area contributed by atoms with Crippen molar-refractivity contribution in [1.29, 1.82) is 0 Å². The fraction of sp³-hybridized carbons (Fsp3) is 0.500. The van der Waals surface area contributed by atoms with Crippen molar-refractivity contribution in [1.82, 2.24) is 0 Å². The third kappa shape index (κ3) is 5.96. The molecule has 0 heterocycles. The van der Waals surface area contributed by atoms with Crippen molar-refractivity contribution >= 4 is 29.0 Å². The summed E-state index contributed by atoms with van der Waals surface area (Å²) in [5, 5.41) is 3.36. The lowest BCUT2D eigenvalue weighted by atomic mass is 10.2. The van der Waals surface area contributed by atoms with E-state index in [0.717, 1.165) is 18.6 Å². The average Bonchev–Trinajstić information content (AvgIpc) is 2.38. The molecule has 106 valence electrons. The molecule has 0 saturated heterocycles. The van der Waals surface area contributed by atoms with Crippen LogP contribution in [0.25, 0.3) is 0 Å². The zero-order chi connectivity index (χ0) is 14.3. The first-order valence-electron chi connectivity index (χ1n) is 6.49. The van der Waals surface area contributed by atoms with Crippen LogP contribution in [-0.2, 0) is 4.79 Å². The van der Waals surface area contributed by atoms with E-state index in [0.29, 0.717) is 17.4 Å². The summed E-state index contributed by atoms with van der Waals surface area (Å²) in [6.45, 7) is 4.34. The zero-order valence-corrected chi connectivity index (χ0v) is 12.2. The van der Waals surface area contributed by atoms with Crippen molar-refractivity contribution in [3.8, 4) is 0 Å². The molecule has 1 atom stereocenters. The Hall–Kier alpha value is -1.23. The minimum Gasteiger partial charge on any atom is -0.396 e. The van der Waals surface area contributed by atoms with Gasteiger partial charge in [0.15, 0.2) is 0 Å². The van der Waals surface area contributed by atoms with Crippen LogP contribution in [0.5, 0.6) is 0 Å². The summed E-state index contributed by atoms with van der Waals surface area (Å²) in [6, 6.07) is 4.20. The van der Waals surface area contributed by atoms with Crippen LogP contribution in [0.1, 0.15) is 33.1 Å². The predicted octanol–water partition coefficient (Wildman–Crippen LogP) is 3.66. The van der Waals surface area contributed by atoms with Gasteiger partial charge in [0.1, 0.15) is 5.82 Å². The topological polar surface area (TPSA) is 55.1 Å². The molecule has 19 heavy (non-hydrogen) atoms. The maximum absolute atomic E-state index is 13.0. The van der Waals surface area contributed by atoms with Crippen LogP contribution in [0.2, 0.25) is 0 Å². The molecule has 1 rings (SSSR count). The Morgan fingerprint density at radius 2 is 2.26 bits per heavy atom. The number of halogens is 1. The fourth-order valence-corrected chi connectivity index (χ4v) is 2.43. The lowest BCUT2D eigenvalue weighted by molar-refractivity contribution is -0.116. The maximum atomic E-state index is 13.0. The van der Waals surface area contributed by atoms with Crippen molar-refractivity contribution < 1.29 is 9.18 Å². The highest BCUT2D eigenvalue weighted by atomic mass is 32.2. The Morgan fingerprint density at radius 3 is 2.89 bits per heavy atom. The molecule has 0 bridgehead atoms. The smallest absolute Gasteiger partial charge is 0.224 e. The molecule has 1 aromatic rings. The van der Waals surface area contributed by atoms with E-state index in [9.17, 15) is 9.18 Å². The summed E-state index contributed by atoms with van der Waals surface area (Å²) in [6.07, 6.45) is 2.46. The van der Waals surface area contributed by atoms with Crippen LogP contribution in [0.15, 0.2) is 18.2 Å². The molecule has 0 radical (unpaired) electrons. The number of rotatable bonds is 7. The van der Waals surface area contributed by atoms with Gasteiger partial charge in [-0.3, -0.25) is 4.79 Å². The van der Waals surface area contributed by atoms with Gasteiger partial charge in [-0.2, -0.15) is 11.8 Å². The molecule has 0 aromatic heterocycles. The Bertz CT molecular complexity index is 426. The summed E-state index contributed by atoms with van der Waals surface area (Å²) in [7, 11) is 0. The van der Waals surface area contributed by atoms with Crippen molar-refractivity contribution in [2.45, 2.75) is 38.4 Å². The van der Waals surface area contributed by atoms with Gasteiger partial charge in [0.25, 0.3) is 0 Å². The van der Waals surface area contributed by atoms with E-state index in [-0.39, 0.29) is 11.6 Å². The highest BCUT2D eigenvalue weighted by Gasteiger charge is 2.05. The van der Waals surface area contributed by atoms with Gasteiger partial charge in [-0.1, -0.05) is 13.8 Å². The minimum absolute atomic E-state index is 0.0464. The average molecular weight is 284 g/mol. The number of carbonyl (C=O) groups excluding carboxylic acids is 1. The molecule has 1 unspecified atom stereocenters. The van der Waals surface area contributed by atoms with Gasteiger partial charge in [0, 0.05) is 17.4 Å². The highest BCUT2D eigenvalue weighted by molar-refractivity contribution is 7.99. The molecule has 0 spiro atoms. The van der Waals surface area contributed by atoms with Crippen LogP contribution in [0.3, 0.4) is 0 Å². The number of nitrogen functional groups attached to an aromatic ring is 1. The molecule has 0 aliphatic carbocycles. The van der Waals surface area contributed by atoms with E-state index >= 15 is 0 Å². The molecule has 0 aliphatic heterocycles. The fourth-order valence-electron chi connectivity index (χ4n) is 1.48. The normalized spacial score (nSPS) is 12.2. The Balaban J connectivity index is 2.29. The van der Waals surface area contributed by atoms with E-state index < -0.39 is 5.82 Å². The van der Waals surface area contributed by atoms with Crippen LogP contribution < -0.4 is 11.1 Å². The van der Waals surface area contributed by atoms with Gasteiger partial charge in [-0.15, -0.1) is 0 Å². The number of hydrogen-bond acceptors (Lipinski definition) is 3. The number of thioether (sulfide) groups is 1. The summed E-state index contributed by atoms with van der Waals surface area (Å²) in [4.78, 5) is 11.7. The van der Waals surface area contributed by atoms with Crippen LogP contribution in [-0.4, -0.2) is 16.9 Å². The second-order valence-corrected chi connectivity index (χ2v) is 6.02. The Kier molecular flexibility index (Phi) is 6.70. The molecular weight excluding hydrogens is 263 g/mol. The molecule has 1 aromatic carbocycles. The van der Waals surface area contributed by atoms with Crippen LogP contribution in [0.4, 0.5) is 15.8 Å². The van der Waals surface area contributed by atoms with E-state index in [1.165, 1.54) is 18.2 Å². The number of nitrogens with one attached hydrogen (secondary N) is 1. The zero-order valence-electron chi connectivity index (χ0n) is 11.4. The molecule has 3 nitrogen and oxygen atoms in total. The standard InChI is InChI=1S/C14H21FN2OS/c1-3-10(2)19-8-4-5-14(18)17-11-6-7-12(15)13(16)9-11/h6-7,9-10H,3-5,8,16H2,1-2H3,(H,17,18). The Morgan fingerprint density at radius 1 is 1.53 bits per heavy atom. The number of hydrogen-bond donors (Lipinski definition) is 2. The van der Waals surface area contributed by atoms with E-state index in [1.807, 2.05) is 11.8 Å². The third-order valence-electron chi connectivity index (χ3n) is 2.81. The van der Waals surface area contributed by atoms with Crippen LogP contribution in [0, 0.1) is 5.82 Å². The van der Waals surface area contributed by atoms with Gasteiger partial charge < -0.3 is 11.1 Å². The van der Waals surface area contributed by atoms with Gasteiger partial charge in [-0.25, -0.2) is 4.39 Å². The first-order chi connectivity index (χ1) is 9.02. The lowest BCUT2D eigenvalue weighted by Gasteiger charge is -2.08. The SMILES string of the molecule is CCC(C)SCCCC(=O)Nc1ccc(F)c(N)c1. The second kappa shape index (κ2) is 8.04. The number of carbonyl (C=O) groups is 1. The summed E-state index contributed by atoms with van der Waals surface area (Å²) in [5.74, 6) is 0.451. The predicted molar refractivity (Wildman–Crippen MR) is 80.9 cm³/mol. The first-order valence-corrected chi connectivity index (χ1v) is 7.54. The van der Waals surface area contributed by atoms with Crippen molar-refractivity contribution in [3.05, 3.63) is 24.0 Å². The minimum atomic E-state index is -0.469. The highest BCUT2D eigenvalue weighted by Crippen LogP contribution is 2.18. The van der Waals surface area contributed by atoms with Crippen molar-refractivity contribution in [2.24, 2.45) is 0 Å². The molecule has 0 aliphatic rings. The number of benzene rings is 1. The Labute approximate surface area is 118 Å². The number of nitrogens with two attached hydrogens (primary N) is 1. The largest absolute Gasteiger partial charge is 0.396 e. The summed E-state index contributed by atoms with van der Waals surface area (Å²) < 4.78 is 13.0. The molecular formula is C14H21FN2OS. The van der Waals surface area contributed by atoms with Gasteiger partial charge in [0.05, 0.1) is 5.69 Å². The quantitative estimate of drug-likeness (QED) is 0.593. The molecule has 0 saturated carbocycles. The van der Waals surface area contributed by atoms with Crippen LogP contribution >= 0.6 is 11.8 Å². The number of anilines is 2. The second-order valence-electron chi connectivity index (χ2n) is 4.48. The molecule has 5 heteroatoms. The van der Waals surface area contributed by atoms with Gasteiger partial charge in [-0.05, 0) is 36.8 Å². The first kappa shape index (κ1) is 15.8. The lowest BCUT2D eigenvalue weighted by Crippen LogP contribution is -2.12. The summed E-state index contributed by atoms with van der Waals surface area (Å²) in [5.41, 5.74) is 6.02. The molecule has 0 fully saturated rings. The molecule has 1 amide bonds. The van der Waals surface area contributed by atoms with Gasteiger partial charge >= 0.3 is 0 Å². The van der Waals surface area contributed by atoms with Crippen molar-refractivity contribution in [2.75, 3.05) is 16.8 Å². The van der Waals surface area contributed by atoms with Gasteiger partial charge in [0.2, 0.25) is 5.91 Å². The van der Waals surface area contributed by atoms with E-state index in [4.69, 9.17) is 5.73 Å². The monoisotopic (exact) mass is 284 g/mol. The third-order valence-corrected chi connectivity index (χ3v) is 4.23. The van der Waals surface area contributed by atoms with E-state index in [2.05, 4.69) is 19.2 Å². The number of amides is 1.